The summed E-state index contributed by atoms with van der Waals surface area (Å²) in [5.41, 5.74) is 0. The molecule has 0 aromatic rings. The second-order valence-electron chi connectivity index (χ2n) is 3.90. The Morgan fingerprint density at radius 2 is 2.17 bits per heavy atom. The van der Waals surface area contributed by atoms with Crippen molar-refractivity contribution in [3.05, 3.63) is 12.2 Å². The molecule has 2 N–H and O–H groups in total. The molecular formula is C10H17NO. The standard InChI is InChI=1S/C10H17NO/c12-7-8-5-6-11-10-4-2-1-3-9(8)10/h1-2,8-12H,3-7H2. The van der Waals surface area contributed by atoms with Crippen molar-refractivity contribution in [1.82, 2.24) is 5.32 Å². The third-order valence-electron chi connectivity index (χ3n) is 3.24. The van der Waals surface area contributed by atoms with E-state index >= 15 is 0 Å². The number of fused-ring (bicyclic) bond motifs is 1. The summed E-state index contributed by atoms with van der Waals surface area (Å²) in [5.74, 6) is 1.23. The highest BCUT2D eigenvalue weighted by Crippen LogP contribution is 2.31. The predicted octanol–water partition coefficient (Wildman–Crippen LogP) is 0.923. The van der Waals surface area contributed by atoms with Crippen molar-refractivity contribution < 1.29 is 5.11 Å². The van der Waals surface area contributed by atoms with Gasteiger partial charge in [0.1, 0.15) is 0 Å². The largest absolute Gasteiger partial charge is 0.396 e. The SMILES string of the molecule is OCC1CCNC2CC=CCC12. The number of hydrogen-bond acceptors (Lipinski definition) is 2. The molecule has 2 heteroatoms. The number of aliphatic hydroxyl groups is 1. The summed E-state index contributed by atoms with van der Waals surface area (Å²) in [6, 6.07) is 0.640. The van der Waals surface area contributed by atoms with Crippen LogP contribution in [0, 0.1) is 11.8 Å². The van der Waals surface area contributed by atoms with Gasteiger partial charge < -0.3 is 10.4 Å². The summed E-state index contributed by atoms with van der Waals surface area (Å²) in [6.45, 7) is 1.46. The van der Waals surface area contributed by atoms with Gasteiger partial charge in [-0.2, -0.15) is 0 Å². The first-order valence-corrected chi connectivity index (χ1v) is 4.91. The molecule has 0 saturated carbocycles. The van der Waals surface area contributed by atoms with Crippen LogP contribution in [0.25, 0.3) is 0 Å². The molecule has 2 nitrogen and oxygen atoms in total. The fraction of sp³-hybridized carbons (Fsp3) is 0.800. The zero-order valence-corrected chi connectivity index (χ0v) is 7.37. The normalized spacial score (nSPS) is 40.9. The van der Waals surface area contributed by atoms with Crippen LogP contribution < -0.4 is 5.32 Å². The van der Waals surface area contributed by atoms with Crippen molar-refractivity contribution in [2.45, 2.75) is 25.3 Å². The van der Waals surface area contributed by atoms with Crippen LogP contribution in [0.2, 0.25) is 0 Å². The third kappa shape index (κ3) is 1.41. The molecule has 12 heavy (non-hydrogen) atoms. The van der Waals surface area contributed by atoms with Crippen LogP contribution in [-0.2, 0) is 0 Å². The van der Waals surface area contributed by atoms with Crippen molar-refractivity contribution in [3.63, 3.8) is 0 Å². The summed E-state index contributed by atoms with van der Waals surface area (Å²) in [5, 5.41) is 12.7. The second-order valence-corrected chi connectivity index (χ2v) is 3.90. The summed E-state index contributed by atoms with van der Waals surface area (Å²) < 4.78 is 0. The van der Waals surface area contributed by atoms with E-state index in [1.165, 1.54) is 0 Å². The molecule has 1 saturated heterocycles. The minimum Gasteiger partial charge on any atom is -0.396 e. The molecule has 0 amide bonds. The second kappa shape index (κ2) is 3.58. The molecule has 0 spiro atoms. The van der Waals surface area contributed by atoms with Crippen LogP contribution in [0.5, 0.6) is 0 Å². The monoisotopic (exact) mass is 167 g/mol. The highest BCUT2D eigenvalue weighted by Gasteiger charge is 2.32. The van der Waals surface area contributed by atoms with E-state index in [4.69, 9.17) is 0 Å². The molecular weight excluding hydrogens is 150 g/mol. The summed E-state index contributed by atoms with van der Waals surface area (Å²) in [7, 11) is 0. The summed E-state index contributed by atoms with van der Waals surface area (Å²) >= 11 is 0. The molecule has 0 aromatic carbocycles. The van der Waals surface area contributed by atoms with Crippen molar-refractivity contribution in [3.8, 4) is 0 Å². The molecule has 1 aliphatic carbocycles. The fourth-order valence-corrected chi connectivity index (χ4v) is 2.49. The number of allylic oxidation sites excluding steroid dienone is 1. The molecule has 0 aromatic heterocycles. The number of rotatable bonds is 1. The van der Waals surface area contributed by atoms with Gasteiger partial charge in [0.15, 0.2) is 0 Å². The molecule has 2 rings (SSSR count). The van der Waals surface area contributed by atoms with Crippen molar-refractivity contribution >= 4 is 0 Å². The zero-order chi connectivity index (χ0) is 8.39. The average Bonchev–Trinajstić information content (AvgIpc) is 2.17. The average molecular weight is 167 g/mol. The van der Waals surface area contributed by atoms with Crippen LogP contribution in [0.4, 0.5) is 0 Å². The molecule has 0 bridgehead atoms. The van der Waals surface area contributed by atoms with E-state index in [-0.39, 0.29) is 0 Å². The first kappa shape index (κ1) is 8.27. The Labute approximate surface area is 73.7 Å². The first-order valence-electron chi connectivity index (χ1n) is 4.91. The molecule has 0 radical (unpaired) electrons. The number of nitrogens with one attached hydrogen (secondary N) is 1. The van der Waals surface area contributed by atoms with E-state index in [1.54, 1.807) is 0 Å². The third-order valence-corrected chi connectivity index (χ3v) is 3.24. The lowest BCUT2D eigenvalue weighted by Gasteiger charge is -2.39. The maximum absolute atomic E-state index is 9.18. The molecule has 2 aliphatic rings. The first-order chi connectivity index (χ1) is 5.92. The topological polar surface area (TPSA) is 32.3 Å². The summed E-state index contributed by atoms with van der Waals surface area (Å²) in [4.78, 5) is 0. The van der Waals surface area contributed by atoms with E-state index in [2.05, 4.69) is 17.5 Å². The van der Waals surface area contributed by atoms with Gasteiger partial charge in [0.25, 0.3) is 0 Å². The van der Waals surface area contributed by atoms with Gasteiger partial charge in [-0.15, -0.1) is 0 Å². The zero-order valence-electron chi connectivity index (χ0n) is 7.37. The van der Waals surface area contributed by atoms with Crippen molar-refractivity contribution in [1.29, 1.82) is 0 Å². The molecule has 68 valence electrons. The fourth-order valence-electron chi connectivity index (χ4n) is 2.49. The Morgan fingerprint density at radius 3 is 3.00 bits per heavy atom. The van der Waals surface area contributed by atoms with E-state index in [0.29, 0.717) is 24.5 Å². The Morgan fingerprint density at radius 1 is 1.33 bits per heavy atom. The Kier molecular flexibility index (Phi) is 2.47. The molecule has 1 heterocycles. The molecule has 3 atom stereocenters. The minimum absolute atomic E-state index is 0.372. The van der Waals surface area contributed by atoms with Gasteiger partial charge in [-0.3, -0.25) is 0 Å². The predicted molar refractivity (Wildman–Crippen MR) is 48.8 cm³/mol. The van der Waals surface area contributed by atoms with Crippen LogP contribution >= 0.6 is 0 Å². The maximum atomic E-state index is 9.18. The lowest BCUT2D eigenvalue weighted by molar-refractivity contribution is 0.110. The molecule has 1 aliphatic heterocycles. The van der Waals surface area contributed by atoms with Gasteiger partial charge in [-0.05, 0) is 37.6 Å². The van der Waals surface area contributed by atoms with E-state index in [9.17, 15) is 5.11 Å². The van der Waals surface area contributed by atoms with Crippen molar-refractivity contribution in [2.75, 3.05) is 13.2 Å². The van der Waals surface area contributed by atoms with Crippen LogP contribution in [0.3, 0.4) is 0 Å². The highest BCUT2D eigenvalue weighted by atomic mass is 16.3. The minimum atomic E-state index is 0.372. The lowest BCUT2D eigenvalue weighted by Crippen LogP contribution is -2.47. The Bertz CT molecular complexity index is 179. The highest BCUT2D eigenvalue weighted by molar-refractivity contribution is 5.01. The van der Waals surface area contributed by atoms with E-state index in [0.717, 1.165) is 25.8 Å². The Hall–Kier alpha value is -0.340. The van der Waals surface area contributed by atoms with Gasteiger partial charge in [0, 0.05) is 12.6 Å². The van der Waals surface area contributed by atoms with Gasteiger partial charge in [-0.1, -0.05) is 12.2 Å². The smallest absolute Gasteiger partial charge is 0.0463 e. The maximum Gasteiger partial charge on any atom is 0.0463 e. The van der Waals surface area contributed by atoms with E-state index in [1.807, 2.05) is 0 Å². The van der Waals surface area contributed by atoms with Gasteiger partial charge in [0.05, 0.1) is 0 Å². The lowest BCUT2D eigenvalue weighted by atomic mass is 9.75. The number of piperidine rings is 1. The van der Waals surface area contributed by atoms with Gasteiger partial charge in [-0.25, -0.2) is 0 Å². The summed E-state index contributed by atoms with van der Waals surface area (Å²) in [6.07, 6.45) is 7.97. The van der Waals surface area contributed by atoms with Crippen LogP contribution in [0.1, 0.15) is 19.3 Å². The molecule has 1 fully saturated rings. The Balaban J connectivity index is 2.05. The van der Waals surface area contributed by atoms with Crippen LogP contribution in [-0.4, -0.2) is 24.3 Å². The van der Waals surface area contributed by atoms with Gasteiger partial charge >= 0.3 is 0 Å². The number of hydrogen-bond donors (Lipinski definition) is 2. The van der Waals surface area contributed by atoms with Gasteiger partial charge in [0.2, 0.25) is 0 Å². The quantitative estimate of drug-likeness (QED) is 0.569. The number of aliphatic hydroxyl groups excluding tert-OH is 1. The molecule has 3 unspecified atom stereocenters. The van der Waals surface area contributed by atoms with Crippen molar-refractivity contribution in [2.24, 2.45) is 11.8 Å². The van der Waals surface area contributed by atoms with E-state index < -0.39 is 0 Å². The van der Waals surface area contributed by atoms with Crippen LogP contribution in [0.15, 0.2) is 12.2 Å².